The summed E-state index contributed by atoms with van der Waals surface area (Å²) in [5.41, 5.74) is 1.90. The average Bonchev–Trinajstić information content (AvgIpc) is 3.25. The second-order valence-corrected chi connectivity index (χ2v) is 6.71. The molecule has 0 aromatic carbocycles. The normalized spacial score (nSPS) is 15.0. The Hall–Kier alpha value is -3.29. The van der Waals surface area contributed by atoms with Crippen LogP contribution in [0.15, 0.2) is 54.2 Å². The lowest BCUT2D eigenvalue weighted by molar-refractivity contribution is 0.0677. The van der Waals surface area contributed by atoms with Gasteiger partial charge in [0.05, 0.1) is 24.5 Å². The Labute approximate surface area is 155 Å². The van der Waals surface area contributed by atoms with E-state index in [0.717, 1.165) is 18.4 Å². The van der Waals surface area contributed by atoms with E-state index in [1.807, 2.05) is 17.0 Å². The number of imidazole rings is 1. The summed E-state index contributed by atoms with van der Waals surface area (Å²) in [7, 11) is 0. The van der Waals surface area contributed by atoms with E-state index in [1.54, 1.807) is 35.6 Å². The van der Waals surface area contributed by atoms with Crippen LogP contribution in [0.25, 0.3) is 11.3 Å². The predicted octanol–water partition coefficient (Wildman–Crippen LogP) is 1.58. The maximum absolute atomic E-state index is 12.4. The number of aromatic nitrogens is 5. The van der Waals surface area contributed by atoms with Crippen LogP contribution in [0.5, 0.6) is 0 Å². The summed E-state index contributed by atoms with van der Waals surface area (Å²) in [6, 6.07) is 5.25. The van der Waals surface area contributed by atoms with E-state index >= 15 is 0 Å². The predicted molar refractivity (Wildman–Crippen MR) is 98.9 cm³/mol. The van der Waals surface area contributed by atoms with E-state index in [-0.39, 0.29) is 11.5 Å². The van der Waals surface area contributed by atoms with Crippen LogP contribution < -0.4 is 5.56 Å². The number of H-pyrrole nitrogens is 1. The Kier molecular flexibility index (Phi) is 4.78. The number of pyridine rings is 1. The SMILES string of the molecule is O=C(c1cnc[nH]1)N1CCC(Cn2cnc(-c3cccnc3)cc2=O)CC1. The zero-order chi connectivity index (χ0) is 18.6. The molecule has 0 spiro atoms. The summed E-state index contributed by atoms with van der Waals surface area (Å²) in [5, 5.41) is 0. The fourth-order valence-electron chi connectivity index (χ4n) is 3.38. The van der Waals surface area contributed by atoms with Crippen LogP contribution in [0.4, 0.5) is 0 Å². The fourth-order valence-corrected chi connectivity index (χ4v) is 3.38. The summed E-state index contributed by atoms with van der Waals surface area (Å²) in [5.74, 6) is 0.324. The highest BCUT2D eigenvalue weighted by Gasteiger charge is 2.24. The van der Waals surface area contributed by atoms with Crippen LogP contribution in [-0.4, -0.2) is 48.4 Å². The number of amides is 1. The van der Waals surface area contributed by atoms with Gasteiger partial charge in [0.25, 0.3) is 11.5 Å². The molecular weight excluding hydrogens is 344 g/mol. The van der Waals surface area contributed by atoms with Crippen molar-refractivity contribution < 1.29 is 4.79 Å². The molecule has 0 saturated carbocycles. The van der Waals surface area contributed by atoms with Crippen LogP contribution in [0.2, 0.25) is 0 Å². The number of carbonyl (C=O) groups is 1. The molecule has 8 heteroatoms. The van der Waals surface area contributed by atoms with Crippen molar-refractivity contribution in [2.45, 2.75) is 19.4 Å². The molecule has 1 aliphatic heterocycles. The summed E-state index contributed by atoms with van der Waals surface area (Å²) >= 11 is 0. The van der Waals surface area contributed by atoms with Gasteiger partial charge in [0.2, 0.25) is 0 Å². The highest BCUT2D eigenvalue weighted by molar-refractivity contribution is 5.92. The summed E-state index contributed by atoms with van der Waals surface area (Å²) in [4.78, 5) is 41.8. The number of hydrogen-bond donors (Lipinski definition) is 1. The molecule has 1 saturated heterocycles. The second-order valence-electron chi connectivity index (χ2n) is 6.71. The van der Waals surface area contributed by atoms with Gasteiger partial charge in [-0.3, -0.25) is 19.1 Å². The zero-order valence-electron chi connectivity index (χ0n) is 14.8. The minimum Gasteiger partial charge on any atom is -0.341 e. The van der Waals surface area contributed by atoms with E-state index in [4.69, 9.17) is 0 Å². The lowest BCUT2D eigenvalue weighted by Crippen LogP contribution is -2.40. The van der Waals surface area contributed by atoms with Crippen molar-refractivity contribution in [2.24, 2.45) is 5.92 Å². The minimum atomic E-state index is -0.0696. The Morgan fingerprint density at radius 3 is 2.74 bits per heavy atom. The van der Waals surface area contributed by atoms with Crippen LogP contribution in [0.3, 0.4) is 0 Å². The Balaban J connectivity index is 1.38. The summed E-state index contributed by atoms with van der Waals surface area (Å²) in [6.45, 7) is 1.97. The topological polar surface area (TPSA) is 96.8 Å². The first-order valence-corrected chi connectivity index (χ1v) is 8.95. The van der Waals surface area contributed by atoms with Gasteiger partial charge in [-0.25, -0.2) is 9.97 Å². The van der Waals surface area contributed by atoms with E-state index in [9.17, 15) is 9.59 Å². The molecule has 1 aliphatic rings. The van der Waals surface area contributed by atoms with Crippen LogP contribution in [-0.2, 0) is 6.54 Å². The molecular formula is C19H20N6O2. The largest absolute Gasteiger partial charge is 0.341 e. The molecule has 3 aromatic heterocycles. The molecule has 4 heterocycles. The average molecular weight is 364 g/mol. The number of nitrogens with one attached hydrogen (secondary N) is 1. The van der Waals surface area contributed by atoms with Crippen molar-refractivity contribution in [1.29, 1.82) is 0 Å². The molecule has 0 aliphatic carbocycles. The minimum absolute atomic E-state index is 0.0226. The van der Waals surface area contributed by atoms with Crippen molar-refractivity contribution >= 4 is 5.91 Å². The molecule has 0 bridgehead atoms. The summed E-state index contributed by atoms with van der Waals surface area (Å²) in [6.07, 6.45) is 9.75. The third-order valence-corrected chi connectivity index (χ3v) is 4.92. The number of likely N-dealkylation sites (tertiary alicyclic amines) is 1. The number of hydrogen-bond acceptors (Lipinski definition) is 5. The zero-order valence-corrected chi connectivity index (χ0v) is 14.8. The van der Waals surface area contributed by atoms with Gasteiger partial charge in [0.1, 0.15) is 5.69 Å². The molecule has 8 nitrogen and oxygen atoms in total. The quantitative estimate of drug-likeness (QED) is 0.758. The molecule has 1 amide bonds. The van der Waals surface area contributed by atoms with Gasteiger partial charge >= 0.3 is 0 Å². The molecule has 1 fully saturated rings. The maximum atomic E-state index is 12.4. The van der Waals surface area contributed by atoms with E-state index in [2.05, 4.69) is 19.9 Å². The molecule has 0 radical (unpaired) electrons. The highest BCUT2D eigenvalue weighted by atomic mass is 16.2. The monoisotopic (exact) mass is 364 g/mol. The Morgan fingerprint density at radius 2 is 2.07 bits per heavy atom. The third-order valence-electron chi connectivity index (χ3n) is 4.92. The Bertz CT molecular complexity index is 959. The van der Waals surface area contributed by atoms with Crippen LogP contribution in [0.1, 0.15) is 23.3 Å². The lowest BCUT2D eigenvalue weighted by Gasteiger charge is -2.31. The van der Waals surface area contributed by atoms with Crippen LogP contribution in [0, 0.1) is 5.92 Å². The standard InChI is InChI=1S/C19H20N6O2/c26-18-8-16(15-2-1-5-20-9-15)23-13-25(18)11-14-3-6-24(7-4-14)19(27)17-10-21-12-22-17/h1-2,5,8-10,12-14H,3-4,6-7,11H2,(H,21,22). The fraction of sp³-hybridized carbons (Fsp3) is 0.316. The molecule has 0 unspecified atom stereocenters. The van der Waals surface area contributed by atoms with Crippen molar-refractivity contribution in [2.75, 3.05) is 13.1 Å². The van der Waals surface area contributed by atoms with Gasteiger partial charge in [-0.05, 0) is 30.9 Å². The summed E-state index contributed by atoms with van der Waals surface area (Å²) < 4.78 is 1.65. The van der Waals surface area contributed by atoms with Gasteiger partial charge < -0.3 is 9.88 Å². The second kappa shape index (κ2) is 7.53. The molecule has 4 rings (SSSR count). The van der Waals surface area contributed by atoms with Crippen molar-refractivity contribution in [3.63, 3.8) is 0 Å². The molecule has 1 N–H and O–H groups in total. The first-order valence-electron chi connectivity index (χ1n) is 8.95. The number of rotatable bonds is 4. The Morgan fingerprint density at radius 1 is 1.22 bits per heavy atom. The first-order chi connectivity index (χ1) is 13.2. The maximum Gasteiger partial charge on any atom is 0.271 e. The third kappa shape index (κ3) is 3.79. The molecule has 0 atom stereocenters. The molecule has 27 heavy (non-hydrogen) atoms. The molecule has 138 valence electrons. The van der Waals surface area contributed by atoms with E-state index in [1.165, 1.54) is 6.33 Å². The number of nitrogens with zero attached hydrogens (tertiary/aromatic N) is 5. The van der Waals surface area contributed by atoms with Crippen LogP contribution >= 0.6 is 0 Å². The lowest BCUT2D eigenvalue weighted by atomic mass is 9.96. The van der Waals surface area contributed by atoms with Gasteiger partial charge in [-0.2, -0.15) is 0 Å². The van der Waals surface area contributed by atoms with E-state index in [0.29, 0.717) is 36.9 Å². The van der Waals surface area contributed by atoms with Gasteiger partial charge in [0.15, 0.2) is 0 Å². The van der Waals surface area contributed by atoms with Crippen molar-refractivity contribution in [1.82, 2.24) is 29.4 Å². The number of piperidine rings is 1. The van der Waals surface area contributed by atoms with Gasteiger partial charge in [-0.15, -0.1) is 0 Å². The van der Waals surface area contributed by atoms with Gasteiger partial charge in [0, 0.05) is 43.7 Å². The first kappa shape index (κ1) is 17.1. The number of aromatic amines is 1. The van der Waals surface area contributed by atoms with Gasteiger partial charge in [-0.1, -0.05) is 0 Å². The van der Waals surface area contributed by atoms with E-state index < -0.39 is 0 Å². The van der Waals surface area contributed by atoms with Crippen molar-refractivity contribution in [3.05, 3.63) is 65.5 Å². The van der Waals surface area contributed by atoms with Crippen molar-refractivity contribution in [3.8, 4) is 11.3 Å². The molecule has 3 aromatic rings. The smallest absolute Gasteiger partial charge is 0.271 e. The number of carbonyl (C=O) groups excluding carboxylic acids is 1. The highest BCUT2D eigenvalue weighted by Crippen LogP contribution is 2.20.